The highest BCUT2D eigenvalue weighted by atomic mass is 16.5. The molecule has 1 aromatic heterocycles. The van der Waals surface area contributed by atoms with Crippen LogP contribution in [0.15, 0.2) is 30.3 Å². The molecule has 4 heteroatoms. The van der Waals surface area contributed by atoms with Crippen molar-refractivity contribution in [2.24, 2.45) is 0 Å². The van der Waals surface area contributed by atoms with E-state index in [1.165, 1.54) is 17.5 Å². The van der Waals surface area contributed by atoms with Crippen molar-refractivity contribution in [1.82, 2.24) is 4.98 Å². The van der Waals surface area contributed by atoms with E-state index in [9.17, 15) is 5.26 Å². The van der Waals surface area contributed by atoms with Crippen LogP contribution in [0.2, 0.25) is 0 Å². The third-order valence-electron chi connectivity index (χ3n) is 4.97. The molecule has 2 aromatic rings. The molecule has 0 saturated carbocycles. The number of nitrogens with zero attached hydrogens (tertiary/aromatic N) is 3. The minimum Gasteiger partial charge on any atom is -0.378 e. The molecular weight excluding hydrogens is 298 g/mol. The van der Waals surface area contributed by atoms with E-state index in [-0.39, 0.29) is 0 Å². The third kappa shape index (κ3) is 2.65. The van der Waals surface area contributed by atoms with Gasteiger partial charge in [-0.05, 0) is 36.8 Å². The van der Waals surface area contributed by atoms with Crippen LogP contribution in [0.4, 0.5) is 5.82 Å². The van der Waals surface area contributed by atoms with Crippen LogP contribution in [0.3, 0.4) is 0 Å². The molecule has 0 radical (unpaired) electrons. The normalized spacial score (nSPS) is 17.2. The highest BCUT2D eigenvalue weighted by Crippen LogP contribution is 2.36. The number of morpholine rings is 1. The smallest absolute Gasteiger partial charge is 0.147 e. The number of nitriles is 1. The Kier molecular flexibility index (Phi) is 4.18. The van der Waals surface area contributed by atoms with Crippen molar-refractivity contribution in [3.8, 4) is 17.3 Å². The van der Waals surface area contributed by atoms with Crippen LogP contribution in [-0.2, 0) is 17.6 Å². The molecule has 1 fully saturated rings. The zero-order valence-electron chi connectivity index (χ0n) is 13.8. The van der Waals surface area contributed by atoms with Crippen LogP contribution in [0.1, 0.15) is 29.5 Å². The molecule has 0 bridgehead atoms. The quantitative estimate of drug-likeness (QED) is 0.852. The van der Waals surface area contributed by atoms with E-state index >= 15 is 0 Å². The molecule has 2 heterocycles. The SMILES string of the molecule is N#Cc1c(N2CCOCC2)nc(-c2ccccc2)c2c1CCCC2. The molecule has 0 atom stereocenters. The number of hydrogen-bond donors (Lipinski definition) is 0. The lowest BCUT2D eigenvalue weighted by atomic mass is 9.86. The van der Waals surface area contributed by atoms with Crippen molar-refractivity contribution in [1.29, 1.82) is 5.26 Å². The average Bonchev–Trinajstić information content (AvgIpc) is 2.68. The lowest BCUT2D eigenvalue weighted by Gasteiger charge is -2.31. The molecule has 4 rings (SSSR count). The summed E-state index contributed by atoms with van der Waals surface area (Å²) in [7, 11) is 0. The van der Waals surface area contributed by atoms with Crippen LogP contribution in [0, 0.1) is 11.3 Å². The van der Waals surface area contributed by atoms with E-state index in [0.717, 1.165) is 55.0 Å². The maximum atomic E-state index is 9.82. The van der Waals surface area contributed by atoms with Crippen molar-refractivity contribution < 1.29 is 4.74 Å². The number of benzene rings is 1. The standard InChI is InChI=1S/C20H21N3O/c21-14-18-16-8-4-5-9-17(16)19(15-6-2-1-3-7-15)22-20(18)23-10-12-24-13-11-23/h1-3,6-7H,4-5,8-13H2. The Labute approximate surface area is 142 Å². The molecule has 1 saturated heterocycles. The Morgan fingerprint density at radius 1 is 1.00 bits per heavy atom. The number of rotatable bonds is 2. The van der Waals surface area contributed by atoms with E-state index in [1.807, 2.05) is 6.07 Å². The fourth-order valence-electron chi connectivity index (χ4n) is 3.76. The highest BCUT2D eigenvalue weighted by Gasteiger charge is 2.26. The van der Waals surface area contributed by atoms with E-state index < -0.39 is 0 Å². The summed E-state index contributed by atoms with van der Waals surface area (Å²) < 4.78 is 5.47. The first-order valence-electron chi connectivity index (χ1n) is 8.72. The van der Waals surface area contributed by atoms with Gasteiger partial charge in [-0.25, -0.2) is 4.98 Å². The molecule has 1 aliphatic carbocycles. The van der Waals surface area contributed by atoms with Crippen molar-refractivity contribution in [3.63, 3.8) is 0 Å². The first kappa shape index (κ1) is 15.2. The average molecular weight is 319 g/mol. The molecular formula is C20H21N3O. The predicted octanol–water partition coefficient (Wildman–Crippen LogP) is 3.34. The van der Waals surface area contributed by atoms with E-state index in [4.69, 9.17) is 9.72 Å². The van der Waals surface area contributed by atoms with Crippen LogP contribution < -0.4 is 4.90 Å². The van der Waals surface area contributed by atoms with Gasteiger partial charge in [-0.1, -0.05) is 30.3 Å². The summed E-state index contributed by atoms with van der Waals surface area (Å²) in [5, 5.41) is 9.82. The fourth-order valence-corrected chi connectivity index (χ4v) is 3.76. The van der Waals surface area contributed by atoms with Gasteiger partial charge in [0.1, 0.15) is 11.9 Å². The van der Waals surface area contributed by atoms with E-state index in [0.29, 0.717) is 13.2 Å². The summed E-state index contributed by atoms with van der Waals surface area (Å²) in [5.74, 6) is 0.848. The van der Waals surface area contributed by atoms with Crippen LogP contribution >= 0.6 is 0 Å². The Bertz CT molecular complexity index is 774. The molecule has 0 N–H and O–H groups in total. The Morgan fingerprint density at radius 2 is 1.71 bits per heavy atom. The monoisotopic (exact) mass is 319 g/mol. The zero-order valence-corrected chi connectivity index (χ0v) is 13.8. The van der Waals surface area contributed by atoms with Gasteiger partial charge < -0.3 is 9.64 Å². The largest absolute Gasteiger partial charge is 0.378 e. The van der Waals surface area contributed by atoms with Crippen LogP contribution in [-0.4, -0.2) is 31.3 Å². The maximum absolute atomic E-state index is 9.82. The lowest BCUT2D eigenvalue weighted by molar-refractivity contribution is 0.122. The molecule has 0 unspecified atom stereocenters. The summed E-state index contributed by atoms with van der Waals surface area (Å²) in [6.45, 7) is 3.00. The number of pyridine rings is 1. The number of ether oxygens (including phenoxy) is 1. The zero-order chi connectivity index (χ0) is 16.4. The lowest BCUT2D eigenvalue weighted by Crippen LogP contribution is -2.37. The topological polar surface area (TPSA) is 49.2 Å². The second-order valence-electron chi connectivity index (χ2n) is 6.40. The summed E-state index contributed by atoms with van der Waals surface area (Å²) in [6, 6.07) is 12.8. The molecule has 0 amide bonds. The van der Waals surface area contributed by atoms with Crippen molar-refractivity contribution >= 4 is 5.82 Å². The second kappa shape index (κ2) is 6.62. The second-order valence-corrected chi connectivity index (χ2v) is 6.40. The van der Waals surface area contributed by atoms with Crippen LogP contribution in [0.25, 0.3) is 11.3 Å². The van der Waals surface area contributed by atoms with Gasteiger partial charge in [-0.3, -0.25) is 0 Å². The van der Waals surface area contributed by atoms with Crippen molar-refractivity contribution in [3.05, 3.63) is 47.0 Å². The van der Waals surface area contributed by atoms with Crippen molar-refractivity contribution in [2.45, 2.75) is 25.7 Å². The number of anilines is 1. The van der Waals surface area contributed by atoms with Gasteiger partial charge >= 0.3 is 0 Å². The van der Waals surface area contributed by atoms with Gasteiger partial charge in [0, 0.05) is 18.7 Å². The molecule has 1 aromatic carbocycles. The van der Waals surface area contributed by atoms with Crippen LogP contribution in [0.5, 0.6) is 0 Å². The number of fused-ring (bicyclic) bond motifs is 1. The summed E-state index contributed by atoms with van der Waals surface area (Å²) in [5.41, 5.74) is 5.49. The van der Waals surface area contributed by atoms with Gasteiger partial charge in [-0.2, -0.15) is 5.26 Å². The minimum atomic E-state index is 0.699. The first-order valence-corrected chi connectivity index (χ1v) is 8.72. The molecule has 2 aliphatic rings. The third-order valence-corrected chi connectivity index (χ3v) is 4.97. The number of hydrogen-bond acceptors (Lipinski definition) is 4. The molecule has 122 valence electrons. The van der Waals surface area contributed by atoms with E-state index in [2.05, 4.69) is 35.2 Å². The van der Waals surface area contributed by atoms with Gasteiger partial charge in [0.2, 0.25) is 0 Å². The molecule has 1 aliphatic heterocycles. The Morgan fingerprint density at radius 3 is 2.42 bits per heavy atom. The van der Waals surface area contributed by atoms with Gasteiger partial charge in [0.05, 0.1) is 24.5 Å². The summed E-state index contributed by atoms with van der Waals surface area (Å²) in [4.78, 5) is 7.21. The minimum absolute atomic E-state index is 0.699. The number of aromatic nitrogens is 1. The van der Waals surface area contributed by atoms with Crippen molar-refractivity contribution in [2.75, 3.05) is 31.2 Å². The maximum Gasteiger partial charge on any atom is 0.147 e. The fraction of sp³-hybridized carbons (Fsp3) is 0.400. The summed E-state index contributed by atoms with van der Waals surface area (Å²) >= 11 is 0. The van der Waals surface area contributed by atoms with Gasteiger partial charge in [0.25, 0.3) is 0 Å². The first-order chi connectivity index (χ1) is 11.9. The highest BCUT2D eigenvalue weighted by molar-refractivity contribution is 5.72. The molecule has 4 nitrogen and oxygen atoms in total. The molecule has 24 heavy (non-hydrogen) atoms. The Hall–Kier alpha value is -2.38. The predicted molar refractivity (Wildman–Crippen MR) is 94.1 cm³/mol. The van der Waals surface area contributed by atoms with E-state index in [1.54, 1.807) is 0 Å². The van der Waals surface area contributed by atoms with Gasteiger partial charge in [-0.15, -0.1) is 0 Å². The molecule has 0 spiro atoms. The van der Waals surface area contributed by atoms with Gasteiger partial charge in [0.15, 0.2) is 0 Å². The Balaban J connectivity index is 1.92. The summed E-state index contributed by atoms with van der Waals surface area (Å²) in [6.07, 6.45) is 4.33.